The van der Waals surface area contributed by atoms with E-state index in [4.69, 9.17) is 11.6 Å². The Labute approximate surface area is 95.4 Å². The van der Waals surface area contributed by atoms with E-state index in [9.17, 15) is 0 Å². The van der Waals surface area contributed by atoms with Gasteiger partial charge in [0.1, 0.15) is 5.15 Å². The van der Waals surface area contributed by atoms with Gasteiger partial charge in [-0.15, -0.1) is 0 Å². The number of halogens is 1. The maximum absolute atomic E-state index is 5.76. The van der Waals surface area contributed by atoms with Crippen molar-refractivity contribution in [1.82, 2.24) is 9.97 Å². The minimum absolute atomic E-state index is 0.410. The quantitative estimate of drug-likeness (QED) is 0.764. The summed E-state index contributed by atoms with van der Waals surface area (Å²) in [7, 11) is 0. The molecule has 0 atom stereocenters. The first-order chi connectivity index (χ1) is 7.01. The van der Waals surface area contributed by atoms with Gasteiger partial charge in [0.25, 0.3) is 0 Å². The number of hydrogen-bond acceptors (Lipinski definition) is 2. The third kappa shape index (κ3) is 2.20. The molecule has 0 unspecified atom stereocenters. The van der Waals surface area contributed by atoms with E-state index in [2.05, 4.69) is 29.9 Å². The van der Waals surface area contributed by atoms with Crippen molar-refractivity contribution in [1.29, 1.82) is 0 Å². The highest BCUT2D eigenvalue weighted by atomic mass is 35.5. The van der Waals surface area contributed by atoms with Crippen LogP contribution in [0.2, 0.25) is 5.15 Å². The molecule has 0 N–H and O–H groups in total. The third-order valence-electron chi connectivity index (χ3n) is 3.26. The molecular formula is C12H15ClN2. The Balaban J connectivity index is 2.31. The molecule has 1 aromatic heterocycles. The lowest BCUT2D eigenvalue weighted by Crippen LogP contribution is -1.97. The summed E-state index contributed by atoms with van der Waals surface area (Å²) < 4.78 is 0. The Kier molecular flexibility index (Phi) is 2.55. The molecular weight excluding hydrogens is 208 g/mol. The zero-order valence-electron chi connectivity index (χ0n) is 9.34. The second-order valence-electron chi connectivity index (χ2n) is 4.55. The first kappa shape index (κ1) is 10.6. The summed E-state index contributed by atoms with van der Waals surface area (Å²) in [5.74, 6) is 0. The molecule has 80 valence electrons. The SMILES string of the molecule is C/C(=C\c1ncc(Cl)nc1C)C1(C)CC1. The Morgan fingerprint density at radius 2 is 2.20 bits per heavy atom. The van der Waals surface area contributed by atoms with Gasteiger partial charge in [-0.3, -0.25) is 4.98 Å². The number of hydrogen-bond donors (Lipinski definition) is 0. The number of nitrogens with zero attached hydrogens (tertiary/aromatic N) is 2. The van der Waals surface area contributed by atoms with E-state index < -0.39 is 0 Å². The molecule has 0 spiro atoms. The molecule has 15 heavy (non-hydrogen) atoms. The first-order valence-corrected chi connectivity index (χ1v) is 5.57. The fourth-order valence-corrected chi connectivity index (χ4v) is 1.74. The molecule has 1 aliphatic carbocycles. The van der Waals surface area contributed by atoms with Crippen LogP contribution in [-0.2, 0) is 0 Å². The summed E-state index contributed by atoms with van der Waals surface area (Å²) in [6.07, 6.45) is 6.30. The van der Waals surface area contributed by atoms with E-state index in [1.807, 2.05) is 6.92 Å². The number of allylic oxidation sites excluding steroid dienone is 1. The second-order valence-corrected chi connectivity index (χ2v) is 4.94. The normalized spacial score (nSPS) is 19.1. The largest absolute Gasteiger partial charge is 0.252 e. The van der Waals surface area contributed by atoms with Crippen LogP contribution in [0.5, 0.6) is 0 Å². The maximum atomic E-state index is 5.76. The van der Waals surface area contributed by atoms with Crippen LogP contribution in [0.25, 0.3) is 6.08 Å². The standard InChI is InChI=1S/C12H15ClN2/c1-8(12(3)4-5-12)6-10-9(2)15-11(13)7-14-10/h6-7H,4-5H2,1-3H3/b8-6+. The third-order valence-corrected chi connectivity index (χ3v) is 3.44. The highest BCUT2D eigenvalue weighted by molar-refractivity contribution is 6.29. The molecule has 1 aromatic rings. The van der Waals surface area contributed by atoms with Crippen LogP contribution in [0, 0.1) is 12.3 Å². The van der Waals surface area contributed by atoms with E-state index in [1.54, 1.807) is 6.20 Å². The van der Waals surface area contributed by atoms with Crippen molar-refractivity contribution in [2.75, 3.05) is 0 Å². The number of aryl methyl sites for hydroxylation is 1. The molecule has 1 saturated carbocycles. The molecule has 0 amide bonds. The van der Waals surface area contributed by atoms with Gasteiger partial charge >= 0.3 is 0 Å². The van der Waals surface area contributed by atoms with Crippen LogP contribution in [-0.4, -0.2) is 9.97 Å². The molecule has 3 heteroatoms. The summed E-state index contributed by atoms with van der Waals surface area (Å²) in [6.45, 7) is 6.40. The Morgan fingerprint density at radius 3 is 2.73 bits per heavy atom. The van der Waals surface area contributed by atoms with Crippen LogP contribution < -0.4 is 0 Å². The summed E-state index contributed by atoms with van der Waals surface area (Å²) in [5, 5.41) is 0.458. The molecule has 2 nitrogen and oxygen atoms in total. The smallest absolute Gasteiger partial charge is 0.147 e. The summed E-state index contributed by atoms with van der Waals surface area (Å²) >= 11 is 5.76. The summed E-state index contributed by atoms with van der Waals surface area (Å²) in [5.41, 5.74) is 3.63. The molecule has 2 rings (SSSR count). The van der Waals surface area contributed by atoms with Gasteiger partial charge in [0, 0.05) is 0 Å². The van der Waals surface area contributed by atoms with Crippen molar-refractivity contribution in [2.24, 2.45) is 5.41 Å². The monoisotopic (exact) mass is 222 g/mol. The van der Waals surface area contributed by atoms with Crippen molar-refractivity contribution in [2.45, 2.75) is 33.6 Å². The molecule has 1 heterocycles. The van der Waals surface area contributed by atoms with Gasteiger partial charge in [0.15, 0.2) is 0 Å². The van der Waals surface area contributed by atoms with Crippen molar-refractivity contribution in [3.05, 3.63) is 28.3 Å². The first-order valence-electron chi connectivity index (χ1n) is 5.19. The molecule has 0 aromatic carbocycles. The molecule has 0 aliphatic heterocycles. The van der Waals surface area contributed by atoms with Crippen LogP contribution in [0.3, 0.4) is 0 Å². The lowest BCUT2D eigenvalue weighted by molar-refractivity contribution is 0.694. The second kappa shape index (κ2) is 3.60. The fourth-order valence-electron chi connectivity index (χ4n) is 1.57. The van der Waals surface area contributed by atoms with E-state index >= 15 is 0 Å². The lowest BCUT2D eigenvalue weighted by atomic mass is 9.98. The molecule has 0 saturated heterocycles. The van der Waals surface area contributed by atoms with Gasteiger partial charge in [-0.2, -0.15) is 0 Å². The van der Waals surface area contributed by atoms with E-state index in [0.717, 1.165) is 11.4 Å². The van der Waals surface area contributed by atoms with E-state index in [1.165, 1.54) is 18.4 Å². The van der Waals surface area contributed by atoms with Crippen molar-refractivity contribution < 1.29 is 0 Å². The van der Waals surface area contributed by atoms with Crippen LogP contribution in [0.4, 0.5) is 0 Å². The van der Waals surface area contributed by atoms with Gasteiger partial charge in [-0.1, -0.05) is 24.1 Å². The molecule has 1 fully saturated rings. The van der Waals surface area contributed by atoms with Gasteiger partial charge in [0.2, 0.25) is 0 Å². The van der Waals surface area contributed by atoms with E-state index in [-0.39, 0.29) is 0 Å². The fraction of sp³-hybridized carbons (Fsp3) is 0.500. The summed E-state index contributed by atoms with van der Waals surface area (Å²) in [4.78, 5) is 8.48. The highest BCUT2D eigenvalue weighted by Gasteiger charge is 2.38. The Hall–Kier alpha value is -0.890. The molecule has 1 aliphatic rings. The zero-order chi connectivity index (χ0) is 11.1. The van der Waals surface area contributed by atoms with Gasteiger partial charge in [0.05, 0.1) is 17.6 Å². The predicted octanol–water partition coefficient (Wildman–Crippen LogP) is 3.64. The lowest BCUT2D eigenvalue weighted by Gasteiger charge is -2.09. The van der Waals surface area contributed by atoms with Gasteiger partial charge in [-0.25, -0.2) is 4.98 Å². The van der Waals surface area contributed by atoms with Crippen molar-refractivity contribution >= 4 is 17.7 Å². The van der Waals surface area contributed by atoms with E-state index in [0.29, 0.717) is 10.6 Å². The number of aromatic nitrogens is 2. The van der Waals surface area contributed by atoms with Crippen molar-refractivity contribution in [3.8, 4) is 0 Å². The predicted molar refractivity (Wildman–Crippen MR) is 62.8 cm³/mol. The van der Waals surface area contributed by atoms with Gasteiger partial charge < -0.3 is 0 Å². The topological polar surface area (TPSA) is 25.8 Å². The van der Waals surface area contributed by atoms with Crippen molar-refractivity contribution in [3.63, 3.8) is 0 Å². The van der Waals surface area contributed by atoms with Crippen LogP contribution in [0.15, 0.2) is 11.8 Å². The zero-order valence-corrected chi connectivity index (χ0v) is 10.1. The highest BCUT2D eigenvalue weighted by Crippen LogP contribution is 2.51. The average molecular weight is 223 g/mol. The summed E-state index contributed by atoms with van der Waals surface area (Å²) in [6, 6.07) is 0. The number of rotatable bonds is 2. The van der Waals surface area contributed by atoms with Crippen LogP contribution in [0.1, 0.15) is 38.1 Å². The minimum Gasteiger partial charge on any atom is -0.252 e. The molecule has 0 radical (unpaired) electrons. The maximum Gasteiger partial charge on any atom is 0.147 e. The Bertz CT molecular complexity index is 420. The van der Waals surface area contributed by atoms with Crippen LogP contribution >= 0.6 is 11.6 Å². The Morgan fingerprint density at radius 1 is 1.53 bits per heavy atom. The minimum atomic E-state index is 0.410. The molecule has 0 bridgehead atoms. The van der Waals surface area contributed by atoms with Gasteiger partial charge in [-0.05, 0) is 38.2 Å². The average Bonchev–Trinajstić information content (AvgIpc) is 2.90.